The van der Waals surface area contributed by atoms with Crippen LogP contribution < -0.4 is 9.64 Å². The van der Waals surface area contributed by atoms with Crippen LogP contribution in [0, 0.1) is 0 Å². The van der Waals surface area contributed by atoms with Gasteiger partial charge in [0, 0.05) is 18.3 Å². The number of rotatable bonds is 5. The smallest absolute Gasteiger partial charge is 0.331 e. The van der Waals surface area contributed by atoms with Crippen molar-refractivity contribution in [2.45, 2.75) is 12.8 Å². The first-order valence-corrected chi connectivity index (χ1v) is 8.54. The largest absolute Gasteiger partial charge is 0.497 e. The second-order valence-electron chi connectivity index (χ2n) is 6.00. The molecule has 0 saturated heterocycles. The van der Waals surface area contributed by atoms with Crippen molar-refractivity contribution in [1.29, 1.82) is 0 Å². The van der Waals surface area contributed by atoms with E-state index in [0.29, 0.717) is 6.54 Å². The summed E-state index contributed by atoms with van der Waals surface area (Å²) >= 11 is 0. The van der Waals surface area contributed by atoms with E-state index in [4.69, 9.17) is 9.47 Å². The summed E-state index contributed by atoms with van der Waals surface area (Å²) in [5.41, 5.74) is 2.83. The number of hydrogen-bond acceptors (Lipinski definition) is 4. The highest BCUT2D eigenvalue weighted by Gasteiger charge is 2.23. The Hall–Kier alpha value is -3.08. The molecule has 1 heterocycles. The topological polar surface area (TPSA) is 55.8 Å². The highest BCUT2D eigenvalue weighted by Crippen LogP contribution is 2.30. The molecule has 0 aromatic heterocycles. The summed E-state index contributed by atoms with van der Waals surface area (Å²) in [6.07, 6.45) is 4.76. The maximum absolute atomic E-state index is 12.5. The molecule has 0 saturated carbocycles. The molecule has 0 N–H and O–H groups in total. The van der Waals surface area contributed by atoms with Crippen molar-refractivity contribution in [2.24, 2.45) is 0 Å². The predicted octanol–water partition coefficient (Wildman–Crippen LogP) is 3.23. The maximum Gasteiger partial charge on any atom is 0.331 e. The van der Waals surface area contributed by atoms with Crippen LogP contribution in [0.15, 0.2) is 54.6 Å². The van der Waals surface area contributed by atoms with Gasteiger partial charge in [0.25, 0.3) is 5.91 Å². The van der Waals surface area contributed by atoms with E-state index in [0.717, 1.165) is 35.4 Å². The lowest BCUT2D eigenvalue weighted by Crippen LogP contribution is -2.38. The molecule has 0 aliphatic carbocycles. The van der Waals surface area contributed by atoms with Crippen molar-refractivity contribution in [3.63, 3.8) is 0 Å². The molecular weight excluding hydrogens is 330 g/mol. The summed E-state index contributed by atoms with van der Waals surface area (Å²) in [7, 11) is 1.62. The fourth-order valence-electron chi connectivity index (χ4n) is 2.95. The Morgan fingerprint density at radius 2 is 1.96 bits per heavy atom. The molecule has 2 aromatic rings. The third kappa shape index (κ3) is 4.30. The highest BCUT2D eigenvalue weighted by atomic mass is 16.5. The van der Waals surface area contributed by atoms with Crippen LogP contribution in [0.25, 0.3) is 6.08 Å². The van der Waals surface area contributed by atoms with Gasteiger partial charge >= 0.3 is 5.97 Å². The average Bonchev–Trinajstić information content (AvgIpc) is 2.70. The Morgan fingerprint density at radius 1 is 1.15 bits per heavy atom. The van der Waals surface area contributed by atoms with Crippen LogP contribution in [0.3, 0.4) is 0 Å². The van der Waals surface area contributed by atoms with E-state index in [1.165, 1.54) is 6.08 Å². The van der Waals surface area contributed by atoms with Gasteiger partial charge in [0.1, 0.15) is 5.75 Å². The first-order valence-electron chi connectivity index (χ1n) is 8.54. The molecule has 0 spiro atoms. The third-order valence-corrected chi connectivity index (χ3v) is 4.26. The summed E-state index contributed by atoms with van der Waals surface area (Å²) in [6.45, 7) is 0.346. The van der Waals surface area contributed by atoms with Crippen LogP contribution in [-0.4, -0.2) is 32.1 Å². The SMILES string of the molecule is COc1ccc2c(c1)CCCN2C(=O)COC(=O)/C=C/c1ccccc1. The Kier molecular flexibility index (Phi) is 5.69. The fourth-order valence-corrected chi connectivity index (χ4v) is 2.95. The molecule has 26 heavy (non-hydrogen) atoms. The Balaban J connectivity index is 1.59. The van der Waals surface area contributed by atoms with Crippen molar-refractivity contribution < 1.29 is 19.1 Å². The van der Waals surface area contributed by atoms with Gasteiger partial charge < -0.3 is 14.4 Å². The minimum atomic E-state index is -0.533. The zero-order valence-electron chi connectivity index (χ0n) is 14.7. The normalized spacial score (nSPS) is 13.3. The van der Waals surface area contributed by atoms with E-state index >= 15 is 0 Å². The third-order valence-electron chi connectivity index (χ3n) is 4.26. The molecule has 0 unspecified atom stereocenters. The quantitative estimate of drug-likeness (QED) is 0.613. The number of aryl methyl sites for hydroxylation is 1. The minimum absolute atomic E-state index is 0.224. The number of anilines is 1. The van der Waals surface area contributed by atoms with Crippen molar-refractivity contribution in [1.82, 2.24) is 0 Å². The van der Waals surface area contributed by atoms with Crippen LogP contribution >= 0.6 is 0 Å². The van der Waals surface area contributed by atoms with Crippen molar-refractivity contribution >= 4 is 23.6 Å². The number of esters is 1. The van der Waals surface area contributed by atoms with Gasteiger partial charge in [-0.3, -0.25) is 4.79 Å². The molecule has 3 rings (SSSR count). The van der Waals surface area contributed by atoms with Gasteiger partial charge in [0.2, 0.25) is 0 Å². The molecule has 5 heteroatoms. The first kappa shape index (κ1) is 17.7. The molecule has 0 atom stereocenters. The van der Waals surface area contributed by atoms with Crippen LogP contribution in [0.5, 0.6) is 5.75 Å². The lowest BCUT2D eigenvalue weighted by molar-refractivity contribution is -0.142. The molecule has 1 amide bonds. The molecule has 0 bridgehead atoms. The zero-order chi connectivity index (χ0) is 18.4. The average molecular weight is 351 g/mol. The predicted molar refractivity (Wildman–Crippen MR) is 100 cm³/mol. The maximum atomic E-state index is 12.5. The van der Waals surface area contributed by atoms with E-state index in [9.17, 15) is 9.59 Å². The van der Waals surface area contributed by atoms with Crippen LogP contribution in [-0.2, 0) is 20.7 Å². The van der Waals surface area contributed by atoms with Crippen molar-refractivity contribution in [3.05, 3.63) is 65.7 Å². The number of hydrogen-bond donors (Lipinski definition) is 0. The van der Waals surface area contributed by atoms with Crippen LogP contribution in [0.1, 0.15) is 17.5 Å². The van der Waals surface area contributed by atoms with E-state index in [-0.39, 0.29) is 12.5 Å². The van der Waals surface area contributed by atoms with Crippen molar-refractivity contribution in [2.75, 3.05) is 25.2 Å². The van der Waals surface area contributed by atoms with Crippen molar-refractivity contribution in [3.8, 4) is 5.75 Å². The monoisotopic (exact) mass is 351 g/mol. The summed E-state index contributed by atoms with van der Waals surface area (Å²) < 4.78 is 10.3. The number of fused-ring (bicyclic) bond motifs is 1. The molecule has 2 aromatic carbocycles. The summed E-state index contributed by atoms with van der Waals surface area (Å²) in [5, 5.41) is 0. The van der Waals surface area contributed by atoms with Gasteiger partial charge in [-0.15, -0.1) is 0 Å². The second kappa shape index (κ2) is 8.34. The molecule has 134 valence electrons. The number of carbonyl (C=O) groups is 2. The number of benzene rings is 2. The molecule has 5 nitrogen and oxygen atoms in total. The Bertz CT molecular complexity index is 814. The van der Waals surface area contributed by atoms with E-state index in [2.05, 4.69) is 0 Å². The van der Waals surface area contributed by atoms with E-state index < -0.39 is 5.97 Å². The lowest BCUT2D eigenvalue weighted by Gasteiger charge is -2.29. The standard InChI is InChI=1S/C21H21NO4/c1-25-18-10-11-19-17(14-18)8-5-13-22(19)20(23)15-26-21(24)12-9-16-6-3-2-4-7-16/h2-4,6-7,9-12,14H,5,8,13,15H2,1H3/b12-9+. The minimum Gasteiger partial charge on any atom is -0.497 e. The van der Waals surface area contributed by atoms with Crippen LogP contribution in [0.4, 0.5) is 5.69 Å². The number of carbonyl (C=O) groups excluding carboxylic acids is 2. The molecule has 1 aliphatic heterocycles. The number of nitrogens with zero attached hydrogens (tertiary/aromatic N) is 1. The molecule has 0 fully saturated rings. The molecule has 1 aliphatic rings. The lowest BCUT2D eigenvalue weighted by atomic mass is 10.0. The molecule has 0 radical (unpaired) electrons. The Morgan fingerprint density at radius 3 is 2.73 bits per heavy atom. The summed E-state index contributed by atoms with van der Waals surface area (Å²) in [6, 6.07) is 15.1. The number of methoxy groups -OCH3 is 1. The van der Waals surface area contributed by atoms with Gasteiger partial charge in [0.05, 0.1) is 7.11 Å². The van der Waals surface area contributed by atoms with Gasteiger partial charge in [-0.25, -0.2) is 4.79 Å². The highest BCUT2D eigenvalue weighted by molar-refractivity contribution is 5.97. The number of amides is 1. The van der Waals surface area contributed by atoms with E-state index in [1.807, 2.05) is 48.5 Å². The molecular formula is C21H21NO4. The fraction of sp³-hybridized carbons (Fsp3) is 0.238. The number of ether oxygens (including phenoxy) is 2. The summed E-state index contributed by atoms with van der Waals surface area (Å²) in [4.78, 5) is 26.0. The Labute approximate surface area is 152 Å². The van der Waals surface area contributed by atoms with Crippen LogP contribution in [0.2, 0.25) is 0 Å². The van der Waals surface area contributed by atoms with Gasteiger partial charge in [-0.2, -0.15) is 0 Å². The van der Waals surface area contributed by atoms with Gasteiger partial charge in [0.15, 0.2) is 6.61 Å². The zero-order valence-corrected chi connectivity index (χ0v) is 14.7. The first-order chi connectivity index (χ1) is 12.7. The summed E-state index contributed by atoms with van der Waals surface area (Å²) in [5.74, 6) is 0.0160. The second-order valence-corrected chi connectivity index (χ2v) is 6.00. The van der Waals surface area contributed by atoms with E-state index in [1.54, 1.807) is 18.1 Å². The van der Waals surface area contributed by atoms with Gasteiger partial charge in [-0.1, -0.05) is 30.3 Å². The van der Waals surface area contributed by atoms with Gasteiger partial charge in [-0.05, 0) is 48.2 Å².